The zero-order valence-electron chi connectivity index (χ0n) is 20.5. The third-order valence-corrected chi connectivity index (χ3v) is 7.67. The summed E-state index contributed by atoms with van der Waals surface area (Å²) in [5, 5.41) is 3.67. The first kappa shape index (κ1) is 24.7. The van der Waals surface area contributed by atoms with Crippen molar-refractivity contribution in [2.75, 3.05) is 55.6 Å². The van der Waals surface area contributed by atoms with Crippen LogP contribution in [0.2, 0.25) is 10.0 Å². The zero-order valence-corrected chi connectivity index (χ0v) is 22.0. The summed E-state index contributed by atoms with van der Waals surface area (Å²) < 4.78 is 0. The van der Waals surface area contributed by atoms with E-state index in [1.165, 1.54) is 17.3 Å². The Morgan fingerprint density at radius 3 is 1.62 bits per heavy atom. The molecule has 2 aromatic carbocycles. The Bertz CT molecular complexity index is 1290. The summed E-state index contributed by atoms with van der Waals surface area (Å²) in [6.45, 7) is 6.54. The van der Waals surface area contributed by atoms with Gasteiger partial charge in [-0.25, -0.2) is 0 Å². The van der Waals surface area contributed by atoms with Crippen LogP contribution in [0.15, 0.2) is 60.9 Å². The smallest absolute Gasteiger partial charge is 0.0737 e. The van der Waals surface area contributed by atoms with E-state index in [1.54, 1.807) is 0 Å². The minimum absolute atomic E-state index is 0.707. The number of aromatic nitrogens is 2. The Morgan fingerprint density at radius 2 is 1.11 bits per heavy atom. The summed E-state index contributed by atoms with van der Waals surface area (Å²) in [7, 11) is 0. The van der Waals surface area contributed by atoms with Gasteiger partial charge in [0.05, 0.1) is 11.0 Å². The number of rotatable bonds is 4. The highest BCUT2D eigenvalue weighted by atomic mass is 35.5. The summed E-state index contributed by atoms with van der Waals surface area (Å²) in [4.78, 5) is 16.7. The van der Waals surface area contributed by atoms with Gasteiger partial charge in [-0.2, -0.15) is 0 Å². The maximum absolute atomic E-state index is 6.28. The molecule has 3 heterocycles. The molecule has 1 saturated heterocycles. The van der Waals surface area contributed by atoms with E-state index >= 15 is 0 Å². The molecular formula is C30H28Cl2N5. The maximum Gasteiger partial charge on any atom is 0.0737 e. The quantitative estimate of drug-likeness (QED) is 0.318. The van der Waals surface area contributed by atoms with Crippen LogP contribution in [0.5, 0.6) is 0 Å². The van der Waals surface area contributed by atoms with Crippen LogP contribution in [0.4, 0.5) is 11.4 Å². The summed E-state index contributed by atoms with van der Waals surface area (Å²) in [6, 6.07) is 16.2. The zero-order chi connectivity index (χ0) is 25.2. The van der Waals surface area contributed by atoms with Crippen LogP contribution >= 0.6 is 23.2 Å². The lowest BCUT2D eigenvalue weighted by atomic mass is 10.1. The molecule has 0 unspecified atom stereocenters. The third-order valence-electron chi connectivity index (χ3n) is 7.19. The molecule has 0 spiro atoms. The monoisotopic (exact) mass is 528 g/mol. The fraction of sp³-hybridized carbons (Fsp3) is 0.233. The number of hydrogen-bond acceptors (Lipinski definition) is 5. The molecule has 0 N–H and O–H groups in total. The average molecular weight is 529 g/mol. The van der Waals surface area contributed by atoms with Gasteiger partial charge in [0, 0.05) is 90.4 Å². The van der Waals surface area contributed by atoms with Crippen molar-refractivity contribution in [3.8, 4) is 0 Å². The SMILES string of the molecule is Clc1ccc2c(N3CCN(C[C]4[CH][CH][CH][CH]4)CCN(c4ccnc5cc(Cl)ccc45)CC3)ccnc2c1. The molecule has 0 amide bonds. The molecule has 1 saturated carbocycles. The summed E-state index contributed by atoms with van der Waals surface area (Å²) in [5.41, 5.74) is 4.24. The third kappa shape index (κ3) is 5.50. The second-order valence-corrected chi connectivity index (χ2v) is 10.4. The summed E-state index contributed by atoms with van der Waals surface area (Å²) >= 11 is 12.6. The molecule has 0 bridgehead atoms. The van der Waals surface area contributed by atoms with Crippen LogP contribution in [0, 0.1) is 31.6 Å². The number of nitrogens with zero attached hydrogens (tertiary/aromatic N) is 5. The second-order valence-electron chi connectivity index (χ2n) is 9.53. The van der Waals surface area contributed by atoms with Gasteiger partial charge in [-0.15, -0.1) is 0 Å². The minimum atomic E-state index is 0.707. The molecular weight excluding hydrogens is 501 g/mol. The lowest BCUT2D eigenvalue weighted by molar-refractivity contribution is 0.304. The van der Waals surface area contributed by atoms with E-state index in [4.69, 9.17) is 23.2 Å². The number of fused-ring (bicyclic) bond motifs is 2. The Balaban J connectivity index is 1.34. The first-order valence-corrected chi connectivity index (χ1v) is 13.4. The first-order valence-electron chi connectivity index (χ1n) is 12.7. The van der Waals surface area contributed by atoms with Crippen molar-refractivity contribution in [2.24, 2.45) is 0 Å². The van der Waals surface area contributed by atoms with Crippen molar-refractivity contribution in [1.82, 2.24) is 14.9 Å². The van der Waals surface area contributed by atoms with Gasteiger partial charge in [0.15, 0.2) is 0 Å². The first-order chi connectivity index (χ1) is 18.1. The number of benzene rings is 2. The van der Waals surface area contributed by atoms with Crippen LogP contribution in [-0.4, -0.2) is 60.7 Å². The molecule has 187 valence electrons. The van der Waals surface area contributed by atoms with Crippen LogP contribution < -0.4 is 9.80 Å². The molecule has 4 aromatic rings. The second kappa shape index (κ2) is 11.0. The predicted octanol–water partition coefficient (Wildman–Crippen LogP) is 6.12. The van der Waals surface area contributed by atoms with Crippen LogP contribution in [0.1, 0.15) is 0 Å². The number of anilines is 2. The molecule has 1 aliphatic heterocycles. The molecule has 1 aliphatic carbocycles. The Morgan fingerprint density at radius 1 is 0.622 bits per heavy atom. The highest BCUT2D eigenvalue weighted by Crippen LogP contribution is 2.31. The van der Waals surface area contributed by atoms with Crippen molar-refractivity contribution in [3.05, 3.63) is 103 Å². The minimum Gasteiger partial charge on any atom is -0.368 e. The number of pyridine rings is 2. The van der Waals surface area contributed by atoms with Gasteiger partial charge in [-0.3, -0.25) is 14.9 Å². The van der Waals surface area contributed by atoms with Gasteiger partial charge in [-0.05, 0) is 80.1 Å². The van der Waals surface area contributed by atoms with E-state index in [9.17, 15) is 0 Å². The van der Waals surface area contributed by atoms with Crippen molar-refractivity contribution < 1.29 is 0 Å². The van der Waals surface area contributed by atoms with Gasteiger partial charge in [-0.1, -0.05) is 23.2 Å². The topological polar surface area (TPSA) is 35.5 Å². The molecule has 6 rings (SSSR count). The Labute approximate surface area is 229 Å². The summed E-state index contributed by atoms with van der Waals surface area (Å²) in [6.07, 6.45) is 12.4. The highest BCUT2D eigenvalue weighted by Gasteiger charge is 2.24. The van der Waals surface area contributed by atoms with Crippen LogP contribution in [0.25, 0.3) is 21.8 Å². The number of hydrogen-bond donors (Lipinski definition) is 0. The average Bonchev–Trinajstić information content (AvgIpc) is 3.44. The Hall–Kier alpha value is -2.60. The molecule has 7 heteroatoms. The molecule has 5 radical (unpaired) electrons. The largest absolute Gasteiger partial charge is 0.368 e. The molecule has 37 heavy (non-hydrogen) atoms. The molecule has 2 fully saturated rings. The van der Waals surface area contributed by atoms with Crippen molar-refractivity contribution in [3.63, 3.8) is 0 Å². The van der Waals surface area contributed by atoms with Gasteiger partial charge in [0.25, 0.3) is 0 Å². The van der Waals surface area contributed by atoms with Gasteiger partial charge in [0.1, 0.15) is 0 Å². The summed E-state index contributed by atoms with van der Waals surface area (Å²) in [5.74, 6) is 1.35. The normalized spacial score (nSPS) is 18.3. The highest BCUT2D eigenvalue weighted by molar-refractivity contribution is 6.31. The molecule has 2 aliphatic rings. The van der Waals surface area contributed by atoms with Gasteiger partial charge >= 0.3 is 0 Å². The van der Waals surface area contributed by atoms with E-state index in [0.29, 0.717) is 10.0 Å². The van der Waals surface area contributed by atoms with E-state index in [-0.39, 0.29) is 0 Å². The fourth-order valence-electron chi connectivity index (χ4n) is 5.28. The van der Waals surface area contributed by atoms with Crippen LogP contribution in [-0.2, 0) is 0 Å². The standard InChI is InChI=1S/C30H28Cl2N5/c31-23-5-7-25-27(19-23)33-11-9-29(25)36-15-13-35(21-22-3-1-2-4-22)14-16-37(18-17-36)30-10-12-34-28-20-24(32)6-8-26(28)30/h1-12,19-20H,13-18,21H2. The lowest BCUT2D eigenvalue weighted by Crippen LogP contribution is -2.38. The molecule has 0 atom stereocenters. The van der Waals surface area contributed by atoms with Gasteiger partial charge in [0.2, 0.25) is 0 Å². The number of halogens is 2. The van der Waals surface area contributed by atoms with Crippen molar-refractivity contribution in [1.29, 1.82) is 0 Å². The van der Waals surface area contributed by atoms with Crippen LogP contribution in [0.3, 0.4) is 0 Å². The molecule has 2 aromatic heterocycles. The Kier molecular flexibility index (Phi) is 7.36. The maximum atomic E-state index is 6.28. The van der Waals surface area contributed by atoms with Gasteiger partial charge < -0.3 is 9.80 Å². The fourth-order valence-corrected chi connectivity index (χ4v) is 5.61. The van der Waals surface area contributed by atoms with E-state index in [1.807, 2.05) is 36.7 Å². The van der Waals surface area contributed by atoms with Crippen molar-refractivity contribution >= 4 is 56.4 Å². The van der Waals surface area contributed by atoms with Crippen molar-refractivity contribution in [2.45, 2.75) is 0 Å². The lowest BCUT2D eigenvalue weighted by Gasteiger charge is -2.30. The van der Waals surface area contributed by atoms with E-state index < -0.39 is 0 Å². The van der Waals surface area contributed by atoms with E-state index in [0.717, 1.165) is 67.6 Å². The predicted molar refractivity (Wildman–Crippen MR) is 155 cm³/mol. The van der Waals surface area contributed by atoms with E-state index in [2.05, 4.69) is 74.6 Å². The molecule has 5 nitrogen and oxygen atoms in total.